The van der Waals surface area contributed by atoms with Crippen molar-refractivity contribution in [3.8, 4) is 0 Å². The summed E-state index contributed by atoms with van der Waals surface area (Å²) >= 11 is 5.98. The van der Waals surface area contributed by atoms with Gasteiger partial charge >= 0.3 is 18.2 Å². The molecule has 4 rings (SSSR count). The van der Waals surface area contributed by atoms with E-state index in [1.54, 1.807) is 82.8 Å². The molecule has 1 heterocycles. The molecule has 3 N–H and O–H groups in total. The van der Waals surface area contributed by atoms with Gasteiger partial charge in [-0.1, -0.05) is 35.9 Å². The molecule has 1 atom stereocenters. The lowest BCUT2D eigenvalue weighted by molar-refractivity contribution is 0.0543. The monoisotopic (exact) mass is 781 g/mol. The van der Waals surface area contributed by atoms with E-state index in [4.69, 9.17) is 21.1 Å². The maximum absolute atomic E-state index is 13.8. The number of carboxylic acids is 1. The van der Waals surface area contributed by atoms with E-state index in [1.807, 2.05) is 0 Å². The fraction of sp³-hybridized carbons (Fsp3) is 0.342. The fourth-order valence-electron chi connectivity index (χ4n) is 5.22. The zero-order valence-corrected chi connectivity index (χ0v) is 32.4. The smallest absolute Gasteiger partial charge is 0.414 e. The van der Waals surface area contributed by atoms with Crippen molar-refractivity contribution in [2.24, 2.45) is 4.99 Å². The highest BCUT2D eigenvalue weighted by molar-refractivity contribution is 7.92. The highest BCUT2D eigenvalue weighted by Gasteiger charge is 2.36. The number of ether oxygens (including phenoxy) is 2. The molecule has 0 aliphatic carbocycles. The molecule has 1 aliphatic heterocycles. The molecular weight excluding hydrogens is 738 g/mol. The van der Waals surface area contributed by atoms with Crippen LogP contribution < -0.4 is 10.6 Å². The second-order valence-corrected chi connectivity index (χ2v) is 16.6. The second kappa shape index (κ2) is 17.3. The van der Waals surface area contributed by atoms with E-state index < -0.39 is 45.4 Å². The van der Waals surface area contributed by atoms with Crippen molar-refractivity contribution in [3.63, 3.8) is 0 Å². The second-order valence-electron chi connectivity index (χ2n) is 14.4. The third kappa shape index (κ3) is 12.7. The number of sulfonamides is 1. The van der Waals surface area contributed by atoms with E-state index in [2.05, 4.69) is 15.6 Å². The van der Waals surface area contributed by atoms with Crippen molar-refractivity contribution < 1.29 is 42.2 Å². The summed E-state index contributed by atoms with van der Waals surface area (Å²) in [7, 11) is -4.03. The minimum absolute atomic E-state index is 0.0520. The lowest BCUT2D eigenvalue weighted by Gasteiger charge is -2.27. The Morgan fingerprint density at radius 2 is 1.41 bits per heavy atom. The summed E-state index contributed by atoms with van der Waals surface area (Å²) in [6.45, 7) is 10.4. The van der Waals surface area contributed by atoms with Crippen molar-refractivity contribution in [1.29, 1.82) is 0 Å². The van der Waals surface area contributed by atoms with Crippen LogP contribution in [0.5, 0.6) is 0 Å². The molecule has 16 heteroatoms. The van der Waals surface area contributed by atoms with E-state index in [0.717, 1.165) is 5.41 Å². The molecule has 0 spiro atoms. The summed E-state index contributed by atoms with van der Waals surface area (Å²) in [5, 5.41) is 15.7. The van der Waals surface area contributed by atoms with Gasteiger partial charge in [0.05, 0.1) is 11.3 Å². The van der Waals surface area contributed by atoms with E-state index in [0.29, 0.717) is 28.1 Å². The van der Waals surface area contributed by atoms with Crippen molar-refractivity contribution in [2.45, 2.75) is 71.8 Å². The van der Waals surface area contributed by atoms with Gasteiger partial charge in [-0.15, -0.1) is 0 Å². The summed E-state index contributed by atoms with van der Waals surface area (Å²) in [5.74, 6) is -1.70. The largest absolute Gasteiger partial charge is 0.478 e. The number of hydrogen-bond acceptors (Lipinski definition) is 9. The maximum Gasteiger partial charge on any atom is 0.414 e. The average Bonchev–Trinajstić information content (AvgIpc) is 3.55. The van der Waals surface area contributed by atoms with Crippen LogP contribution >= 0.6 is 11.6 Å². The molecule has 0 saturated carbocycles. The number of aliphatic imine (C=N–C) groups is 1. The van der Waals surface area contributed by atoms with Gasteiger partial charge in [-0.3, -0.25) is 15.4 Å². The van der Waals surface area contributed by atoms with Crippen LogP contribution in [0.3, 0.4) is 0 Å². The molecular formula is C38H44ClN5O9S. The van der Waals surface area contributed by atoms with E-state index in [-0.39, 0.29) is 42.8 Å². The standard InChI is InChI=1S/C38H44ClN5O9S/c1-37(2,3)52-35(48)41-34(42-36(49)53-38(4,5)6)40-30-17-13-27(14-18-30)32(45)43-21-19-31(24-43)44(23-26-7-11-28(12-8-26)33(46)47)54(50,51)22-20-25-9-15-29(39)16-10-25/h7-18,20,22,31H,19,21,23-24H2,1-6H3,(H,46,47)(H2,40,41,42,48,49). The highest BCUT2D eigenvalue weighted by atomic mass is 35.5. The minimum atomic E-state index is -4.03. The predicted octanol–water partition coefficient (Wildman–Crippen LogP) is 6.79. The first-order chi connectivity index (χ1) is 25.2. The number of halogens is 1. The number of guanidine groups is 1. The molecule has 3 aromatic carbocycles. The number of benzene rings is 3. The first-order valence-corrected chi connectivity index (χ1v) is 18.8. The number of nitrogens with one attached hydrogen (secondary N) is 2. The highest BCUT2D eigenvalue weighted by Crippen LogP contribution is 2.26. The number of likely N-dealkylation sites (tertiary alicyclic amines) is 1. The number of nitrogens with zero attached hydrogens (tertiary/aromatic N) is 3. The first kappa shape index (κ1) is 41.5. The summed E-state index contributed by atoms with van der Waals surface area (Å²) in [6, 6.07) is 18.1. The topological polar surface area (TPSA) is 184 Å². The van der Waals surface area contributed by atoms with Gasteiger partial charge in [-0.05, 0) is 114 Å². The molecule has 1 aliphatic rings. The predicted molar refractivity (Wildman–Crippen MR) is 205 cm³/mol. The lowest BCUT2D eigenvalue weighted by Crippen LogP contribution is -2.47. The van der Waals surface area contributed by atoms with Crippen LogP contribution in [0.4, 0.5) is 15.3 Å². The number of amides is 3. The molecule has 0 aromatic heterocycles. The Morgan fingerprint density at radius 1 is 0.870 bits per heavy atom. The Morgan fingerprint density at radius 3 is 1.93 bits per heavy atom. The number of carboxylic acid groups (broad SMARTS) is 1. The fourth-order valence-corrected chi connectivity index (χ4v) is 6.74. The molecule has 14 nitrogen and oxygen atoms in total. The van der Waals surface area contributed by atoms with Gasteiger partial charge < -0.3 is 19.5 Å². The van der Waals surface area contributed by atoms with Crippen LogP contribution in [0, 0.1) is 0 Å². The minimum Gasteiger partial charge on any atom is -0.478 e. The van der Waals surface area contributed by atoms with Crippen molar-refractivity contribution in [2.75, 3.05) is 13.1 Å². The van der Waals surface area contributed by atoms with Gasteiger partial charge in [0.25, 0.3) is 5.91 Å². The number of hydrogen-bond donors (Lipinski definition) is 3. The third-order valence-electron chi connectivity index (χ3n) is 7.62. The van der Waals surface area contributed by atoms with Gasteiger partial charge in [-0.2, -0.15) is 4.31 Å². The average molecular weight is 782 g/mol. The van der Waals surface area contributed by atoms with Crippen molar-refractivity contribution in [1.82, 2.24) is 19.8 Å². The van der Waals surface area contributed by atoms with E-state index >= 15 is 0 Å². The van der Waals surface area contributed by atoms with Crippen LogP contribution in [0.1, 0.15) is 79.8 Å². The van der Waals surface area contributed by atoms with E-state index in [9.17, 15) is 32.7 Å². The molecule has 1 saturated heterocycles. The summed E-state index contributed by atoms with van der Waals surface area (Å²) < 4.78 is 39.5. The van der Waals surface area contributed by atoms with Gasteiger partial charge in [0.2, 0.25) is 16.0 Å². The number of aromatic carboxylic acids is 1. The quantitative estimate of drug-likeness (QED) is 0.155. The van der Waals surface area contributed by atoms with Gasteiger partial charge in [-0.25, -0.2) is 27.8 Å². The molecule has 0 bridgehead atoms. The third-order valence-corrected chi connectivity index (χ3v) is 9.43. The summed E-state index contributed by atoms with van der Waals surface area (Å²) in [4.78, 5) is 55.8. The van der Waals surface area contributed by atoms with Gasteiger partial charge in [0.1, 0.15) is 11.2 Å². The van der Waals surface area contributed by atoms with Crippen LogP contribution in [-0.2, 0) is 26.0 Å². The number of carbonyl (C=O) groups is 4. The number of rotatable bonds is 9. The molecule has 1 fully saturated rings. The molecule has 3 amide bonds. The van der Waals surface area contributed by atoms with Crippen LogP contribution in [0.2, 0.25) is 5.02 Å². The molecule has 0 radical (unpaired) electrons. The first-order valence-electron chi connectivity index (χ1n) is 16.9. The van der Waals surface area contributed by atoms with Crippen LogP contribution in [-0.4, -0.2) is 83.1 Å². The molecule has 288 valence electrons. The zero-order valence-electron chi connectivity index (χ0n) is 30.8. The maximum atomic E-state index is 13.8. The SMILES string of the molecule is CC(C)(C)OC(=O)NC(=Nc1ccc(C(=O)N2CCC(N(Cc3ccc(C(=O)O)cc3)S(=O)(=O)C=Cc3ccc(Cl)cc3)C2)cc1)NC(=O)OC(C)(C)C. The van der Waals surface area contributed by atoms with Crippen molar-refractivity contribution >= 4 is 63.4 Å². The molecule has 1 unspecified atom stereocenters. The summed E-state index contributed by atoms with van der Waals surface area (Å²) in [5.41, 5.74) is 0.217. The number of alkyl carbamates (subject to hydrolysis) is 2. The molecule has 3 aromatic rings. The number of carbonyl (C=O) groups excluding carboxylic acids is 3. The molecule has 54 heavy (non-hydrogen) atoms. The van der Waals surface area contributed by atoms with Gasteiger partial charge in [0, 0.05) is 41.7 Å². The van der Waals surface area contributed by atoms with Crippen LogP contribution in [0.25, 0.3) is 6.08 Å². The zero-order chi connectivity index (χ0) is 39.8. The Hall–Kier alpha value is -5.25. The van der Waals surface area contributed by atoms with E-state index in [1.165, 1.54) is 46.8 Å². The Kier molecular flexibility index (Phi) is 13.3. The van der Waals surface area contributed by atoms with Gasteiger partial charge in [0.15, 0.2) is 0 Å². The Balaban J connectivity index is 1.53. The Bertz CT molecular complexity index is 1970. The Labute approximate surface area is 319 Å². The van der Waals surface area contributed by atoms with Crippen LogP contribution in [0.15, 0.2) is 83.2 Å². The normalized spacial score (nSPS) is 14.8. The lowest BCUT2D eigenvalue weighted by atomic mass is 10.1. The summed E-state index contributed by atoms with van der Waals surface area (Å²) in [6.07, 6.45) is 0.0970. The van der Waals surface area contributed by atoms with Crippen molar-refractivity contribution in [3.05, 3.63) is 105 Å².